The smallest absolute Gasteiger partial charge is 0.407 e. The first-order valence-electron chi connectivity index (χ1n) is 3.63. The van der Waals surface area contributed by atoms with Crippen molar-refractivity contribution in [3.05, 3.63) is 0 Å². The maximum Gasteiger partial charge on any atom is 0.407 e. The summed E-state index contributed by atoms with van der Waals surface area (Å²) in [5.74, 6) is -0.335. The third-order valence-corrected chi connectivity index (χ3v) is 1.49. The van der Waals surface area contributed by atoms with E-state index in [0.29, 0.717) is 0 Å². The van der Waals surface area contributed by atoms with Gasteiger partial charge in [0.1, 0.15) is 0 Å². The standard InChI is InChI=1S/C7H12ClNO3/c1-3-12-7(11)9-5(2)6(10)4-8/h5H,3-4H2,1-2H3,(H,9,11). The fraction of sp³-hybridized carbons (Fsp3) is 0.714. The van der Waals surface area contributed by atoms with Crippen LogP contribution in [0.5, 0.6) is 0 Å². The number of ketones is 1. The molecule has 0 rings (SSSR count). The molecular weight excluding hydrogens is 182 g/mol. The minimum atomic E-state index is -0.594. The predicted octanol–water partition coefficient (Wildman–Crippen LogP) is 0.929. The Balaban J connectivity index is 3.75. The third-order valence-electron chi connectivity index (χ3n) is 1.22. The normalized spacial score (nSPS) is 11.9. The molecule has 0 aromatic heterocycles. The fourth-order valence-electron chi connectivity index (χ4n) is 0.546. The molecule has 1 amide bonds. The summed E-state index contributed by atoms with van der Waals surface area (Å²) in [6, 6.07) is -0.582. The molecule has 5 heteroatoms. The maximum absolute atomic E-state index is 10.8. The van der Waals surface area contributed by atoms with Crippen molar-refractivity contribution in [1.82, 2.24) is 5.32 Å². The Morgan fingerprint density at radius 2 is 2.17 bits per heavy atom. The highest BCUT2D eigenvalue weighted by Gasteiger charge is 2.14. The Hall–Kier alpha value is -0.770. The Morgan fingerprint density at radius 3 is 2.58 bits per heavy atom. The van der Waals surface area contributed by atoms with E-state index in [-0.39, 0.29) is 18.3 Å². The first kappa shape index (κ1) is 11.2. The van der Waals surface area contributed by atoms with Crippen molar-refractivity contribution < 1.29 is 14.3 Å². The quantitative estimate of drug-likeness (QED) is 0.676. The molecule has 0 aliphatic rings. The van der Waals surface area contributed by atoms with Gasteiger partial charge in [0, 0.05) is 0 Å². The van der Waals surface area contributed by atoms with Crippen molar-refractivity contribution in [2.24, 2.45) is 0 Å². The number of Topliss-reactive ketones (excluding diaryl/α,β-unsaturated/α-hetero) is 1. The number of carbonyl (C=O) groups excluding carboxylic acids is 2. The van der Waals surface area contributed by atoms with E-state index in [1.54, 1.807) is 13.8 Å². The number of carbonyl (C=O) groups is 2. The van der Waals surface area contributed by atoms with Gasteiger partial charge in [0.2, 0.25) is 0 Å². The lowest BCUT2D eigenvalue weighted by Gasteiger charge is -2.10. The molecule has 70 valence electrons. The number of alkyl carbamates (subject to hydrolysis) is 1. The van der Waals surface area contributed by atoms with Crippen molar-refractivity contribution in [2.45, 2.75) is 19.9 Å². The summed E-state index contributed by atoms with van der Waals surface area (Å²) in [6.45, 7) is 3.53. The summed E-state index contributed by atoms with van der Waals surface area (Å²) in [5, 5.41) is 2.34. The van der Waals surface area contributed by atoms with E-state index in [1.165, 1.54) is 0 Å². The van der Waals surface area contributed by atoms with Crippen LogP contribution in [0.15, 0.2) is 0 Å². The number of nitrogens with one attached hydrogen (secondary N) is 1. The number of hydrogen-bond acceptors (Lipinski definition) is 3. The number of alkyl halides is 1. The maximum atomic E-state index is 10.8. The number of halogens is 1. The lowest BCUT2D eigenvalue weighted by molar-refractivity contribution is -0.118. The topological polar surface area (TPSA) is 55.4 Å². The summed E-state index contributed by atoms with van der Waals surface area (Å²) in [7, 11) is 0. The first-order chi connectivity index (χ1) is 5.61. The molecule has 0 aromatic rings. The molecule has 0 radical (unpaired) electrons. The van der Waals surface area contributed by atoms with Crippen molar-refractivity contribution >= 4 is 23.5 Å². The van der Waals surface area contributed by atoms with Gasteiger partial charge in [-0.1, -0.05) is 0 Å². The van der Waals surface area contributed by atoms with Crippen LogP contribution in [0.4, 0.5) is 4.79 Å². The van der Waals surface area contributed by atoms with Gasteiger partial charge in [-0.2, -0.15) is 0 Å². The van der Waals surface area contributed by atoms with Gasteiger partial charge in [0.25, 0.3) is 0 Å². The molecule has 4 nitrogen and oxygen atoms in total. The number of ether oxygens (including phenoxy) is 1. The Kier molecular flexibility index (Phi) is 5.45. The van der Waals surface area contributed by atoms with Gasteiger partial charge in [-0.15, -0.1) is 11.6 Å². The van der Waals surface area contributed by atoms with E-state index < -0.39 is 12.1 Å². The highest BCUT2D eigenvalue weighted by atomic mass is 35.5. The van der Waals surface area contributed by atoms with Crippen molar-refractivity contribution in [1.29, 1.82) is 0 Å². The van der Waals surface area contributed by atoms with E-state index in [2.05, 4.69) is 10.1 Å². The SMILES string of the molecule is CCOC(=O)NC(C)C(=O)CCl. The molecule has 0 spiro atoms. The molecule has 0 bridgehead atoms. The van der Waals surface area contributed by atoms with Crippen LogP contribution in [0.2, 0.25) is 0 Å². The van der Waals surface area contributed by atoms with Gasteiger partial charge in [0.15, 0.2) is 5.78 Å². The minimum Gasteiger partial charge on any atom is -0.450 e. The minimum absolute atomic E-state index is 0.104. The zero-order valence-electron chi connectivity index (χ0n) is 7.09. The zero-order valence-corrected chi connectivity index (χ0v) is 7.85. The second kappa shape index (κ2) is 5.83. The zero-order chi connectivity index (χ0) is 9.56. The molecule has 0 aliphatic carbocycles. The molecule has 0 aromatic carbocycles. The molecule has 0 heterocycles. The number of amides is 1. The average Bonchev–Trinajstić information content (AvgIpc) is 2.03. The summed E-state index contributed by atoms with van der Waals surface area (Å²) in [5.41, 5.74) is 0. The average molecular weight is 194 g/mol. The Labute approximate surface area is 76.2 Å². The van der Waals surface area contributed by atoms with Crippen molar-refractivity contribution in [3.63, 3.8) is 0 Å². The lowest BCUT2D eigenvalue weighted by atomic mass is 10.2. The second-order valence-electron chi connectivity index (χ2n) is 2.19. The predicted molar refractivity (Wildman–Crippen MR) is 45.3 cm³/mol. The molecule has 12 heavy (non-hydrogen) atoms. The third kappa shape index (κ3) is 4.18. The molecule has 0 fully saturated rings. The largest absolute Gasteiger partial charge is 0.450 e. The van der Waals surface area contributed by atoms with E-state index >= 15 is 0 Å². The van der Waals surface area contributed by atoms with Gasteiger partial charge in [-0.25, -0.2) is 4.79 Å². The Morgan fingerprint density at radius 1 is 1.58 bits per heavy atom. The van der Waals surface area contributed by atoms with Crippen LogP contribution in [0, 0.1) is 0 Å². The van der Waals surface area contributed by atoms with E-state index in [0.717, 1.165) is 0 Å². The number of rotatable bonds is 4. The summed E-state index contributed by atoms with van der Waals surface area (Å²) in [4.78, 5) is 21.6. The van der Waals surface area contributed by atoms with E-state index in [1.807, 2.05) is 0 Å². The summed E-state index contributed by atoms with van der Waals surface area (Å²) < 4.78 is 4.56. The van der Waals surface area contributed by atoms with Gasteiger partial charge in [-0.3, -0.25) is 4.79 Å². The van der Waals surface area contributed by atoms with Crippen LogP contribution in [0.1, 0.15) is 13.8 Å². The van der Waals surface area contributed by atoms with Crippen LogP contribution in [0.25, 0.3) is 0 Å². The monoisotopic (exact) mass is 193 g/mol. The second-order valence-corrected chi connectivity index (χ2v) is 2.45. The molecule has 1 unspecified atom stereocenters. The van der Waals surface area contributed by atoms with Crippen molar-refractivity contribution in [2.75, 3.05) is 12.5 Å². The van der Waals surface area contributed by atoms with Crippen LogP contribution < -0.4 is 5.32 Å². The molecule has 0 saturated carbocycles. The van der Waals surface area contributed by atoms with Crippen LogP contribution >= 0.6 is 11.6 Å². The van der Waals surface area contributed by atoms with Crippen LogP contribution in [0.3, 0.4) is 0 Å². The highest BCUT2D eigenvalue weighted by molar-refractivity contribution is 6.28. The van der Waals surface area contributed by atoms with E-state index in [9.17, 15) is 9.59 Å². The Bertz CT molecular complexity index is 172. The lowest BCUT2D eigenvalue weighted by Crippen LogP contribution is -2.39. The first-order valence-corrected chi connectivity index (χ1v) is 4.17. The van der Waals surface area contributed by atoms with Crippen molar-refractivity contribution in [3.8, 4) is 0 Å². The summed E-state index contributed by atoms with van der Waals surface area (Å²) in [6.07, 6.45) is -0.594. The number of hydrogen-bond donors (Lipinski definition) is 1. The summed E-state index contributed by atoms with van der Waals surface area (Å²) >= 11 is 5.27. The van der Waals surface area contributed by atoms with Gasteiger partial charge in [0.05, 0.1) is 18.5 Å². The molecule has 1 atom stereocenters. The molecule has 0 saturated heterocycles. The molecular formula is C7H12ClNO3. The fourth-order valence-corrected chi connectivity index (χ4v) is 0.777. The van der Waals surface area contributed by atoms with Crippen LogP contribution in [-0.2, 0) is 9.53 Å². The molecule has 1 N–H and O–H groups in total. The van der Waals surface area contributed by atoms with Gasteiger partial charge >= 0.3 is 6.09 Å². The van der Waals surface area contributed by atoms with Gasteiger partial charge in [-0.05, 0) is 13.8 Å². The van der Waals surface area contributed by atoms with Gasteiger partial charge < -0.3 is 10.1 Å². The highest BCUT2D eigenvalue weighted by Crippen LogP contribution is 1.89. The molecule has 0 aliphatic heterocycles. The van der Waals surface area contributed by atoms with Crippen LogP contribution in [-0.4, -0.2) is 30.4 Å². The van der Waals surface area contributed by atoms with E-state index in [4.69, 9.17) is 11.6 Å².